The number of hydrogen-bond acceptors (Lipinski definition) is 8. The van der Waals surface area contributed by atoms with Gasteiger partial charge in [-0.15, -0.1) is 9.42 Å². The molecule has 10 nitrogen and oxygen atoms in total. The third-order valence-corrected chi connectivity index (χ3v) is 3.62. The number of imidazole rings is 1. The molecule has 0 aliphatic carbocycles. The van der Waals surface area contributed by atoms with E-state index >= 15 is 0 Å². The minimum absolute atomic E-state index is 0.173. The molecular weight excluding hydrogens is 301 g/mol. The Morgan fingerprint density at radius 2 is 2.33 bits per heavy atom. The molecule has 2 aromatic rings. The molecule has 0 aromatic carbocycles. The number of aliphatic hydroxyl groups is 1. The van der Waals surface area contributed by atoms with E-state index in [1.165, 1.54) is 12.7 Å². The van der Waals surface area contributed by atoms with Gasteiger partial charge in [-0.25, -0.2) is 15.0 Å². The predicted molar refractivity (Wildman–Crippen MR) is 70.0 cm³/mol. The Hall–Kier alpha value is -1.71. The molecule has 3 rings (SSSR count). The zero-order valence-electron chi connectivity index (χ0n) is 10.7. The molecule has 0 bridgehead atoms. The molecule has 1 aliphatic rings. The third-order valence-electron chi connectivity index (χ3n) is 3.25. The standard InChI is InChI=1S/C10H12N5O5P/c11-9-8-10(13-3-12-9)15(4-14-8)7-1-5(16)6(20-7)2-19-21(17)18/h3-7,16H,1-2H2,(H2-,11,12,13,17,18)/p+1/t5-,6+,7+/m0/s1. The topological polar surface area (TPSA) is 146 Å². The highest BCUT2D eigenvalue weighted by Gasteiger charge is 2.37. The van der Waals surface area contributed by atoms with Gasteiger partial charge in [0.15, 0.2) is 11.5 Å². The molecule has 0 amide bonds. The van der Waals surface area contributed by atoms with E-state index < -0.39 is 26.7 Å². The van der Waals surface area contributed by atoms with Gasteiger partial charge in [0.2, 0.25) is 0 Å². The summed E-state index contributed by atoms with van der Waals surface area (Å²) in [6.07, 6.45) is 1.08. The maximum absolute atomic E-state index is 10.5. The van der Waals surface area contributed by atoms with Crippen LogP contribution in [0.3, 0.4) is 0 Å². The fourth-order valence-corrected chi connectivity index (χ4v) is 2.53. The molecule has 11 heteroatoms. The van der Waals surface area contributed by atoms with Gasteiger partial charge in [0.25, 0.3) is 0 Å². The summed E-state index contributed by atoms with van der Waals surface area (Å²) in [6, 6.07) is 0. The monoisotopic (exact) mass is 314 g/mol. The first-order chi connectivity index (χ1) is 10.1. The lowest BCUT2D eigenvalue weighted by atomic mass is 10.2. The molecule has 4 atom stereocenters. The first-order valence-electron chi connectivity index (χ1n) is 6.12. The van der Waals surface area contributed by atoms with Crippen LogP contribution in [0.4, 0.5) is 5.82 Å². The van der Waals surface area contributed by atoms with Crippen LogP contribution >= 0.6 is 8.25 Å². The number of anilines is 1. The summed E-state index contributed by atoms with van der Waals surface area (Å²) in [4.78, 5) is 20.7. The van der Waals surface area contributed by atoms with Crippen molar-refractivity contribution in [2.75, 3.05) is 12.3 Å². The molecule has 0 radical (unpaired) electrons. The Morgan fingerprint density at radius 1 is 1.52 bits per heavy atom. The highest BCUT2D eigenvalue weighted by molar-refractivity contribution is 7.32. The van der Waals surface area contributed by atoms with Crippen LogP contribution < -0.4 is 5.73 Å². The molecular formula is C10H13N5O5P+. The van der Waals surface area contributed by atoms with Crippen LogP contribution in [0.5, 0.6) is 0 Å². The average molecular weight is 314 g/mol. The molecule has 3 heterocycles. The number of nitrogens with zero attached hydrogens (tertiary/aromatic N) is 4. The fraction of sp³-hybridized carbons (Fsp3) is 0.500. The van der Waals surface area contributed by atoms with E-state index in [1.54, 1.807) is 4.57 Å². The summed E-state index contributed by atoms with van der Waals surface area (Å²) >= 11 is 0. The Morgan fingerprint density at radius 3 is 3.10 bits per heavy atom. The number of ether oxygens (including phenoxy) is 1. The van der Waals surface area contributed by atoms with Crippen molar-refractivity contribution in [3.8, 4) is 0 Å². The van der Waals surface area contributed by atoms with Gasteiger partial charge < -0.3 is 15.6 Å². The van der Waals surface area contributed by atoms with Crippen LogP contribution in [-0.4, -0.2) is 48.3 Å². The number of nitrogen functional groups attached to an aromatic ring is 1. The second-order valence-corrected chi connectivity index (χ2v) is 5.28. The quantitative estimate of drug-likeness (QED) is 0.648. The van der Waals surface area contributed by atoms with E-state index in [2.05, 4.69) is 19.5 Å². The van der Waals surface area contributed by atoms with Gasteiger partial charge in [-0.05, 0) is 0 Å². The van der Waals surface area contributed by atoms with Crippen LogP contribution in [0.15, 0.2) is 12.7 Å². The Balaban J connectivity index is 1.81. The molecule has 1 aliphatic heterocycles. The van der Waals surface area contributed by atoms with Crippen molar-refractivity contribution in [2.45, 2.75) is 24.9 Å². The molecule has 4 N–H and O–H groups in total. The average Bonchev–Trinajstić information content (AvgIpc) is 3.01. The normalized spacial score (nSPS) is 26.4. The van der Waals surface area contributed by atoms with E-state index in [-0.39, 0.29) is 18.8 Å². The summed E-state index contributed by atoms with van der Waals surface area (Å²) in [5.41, 5.74) is 6.65. The summed E-state index contributed by atoms with van der Waals surface area (Å²) in [7, 11) is -2.72. The smallest absolute Gasteiger partial charge is 0.390 e. The molecule has 0 spiro atoms. The van der Waals surface area contributed by atoms with Gasteiger partial charge in [-0.1, -0.05) is 0 Å². The minimum atomic E-state index is -2.72. The van der Waals surface area contributed by atoms with E-state index in [9.17, 15) is 9.67 Å². The summed E-state index contributed by atoms with van der Waals surface area (Å²) in [5.74, 6) is 0.259. The third kappa shape index (κ3) is 2.71. The van der Waals surface area contributed by atoms with E-state index in [1.807, 2.05) is 0 Å². The van der Waals surface area contributed by atoms with Gasteiger partial charge in [0, 0.05) is 11.0 Å². The zero-order valence-corrected chi connectivity index (χ0v) is 11.6. The first kappa shape index (κ1) is 14.2. The SMILES string of the molecule is Nc1ncnc2c1ncn2[C@H]1C[C@H](O)[C@@H](CO[P+](=O)O)O1. The number of rotatable bonds is 4. The van der Waals surface area contributed by atoms with Gasteiger partial charge >= 0.3 is 8.25 Å². The van der Waals surface area contributed by atoms with Crippen LogP contribution in [0.1, 0.15) is 12.6 Å². The summed E-state index contributed by atoms with van der Waals surface area (Å²) in [6.45, 7) is -0.173. The maximum atomic E-state index is 10.5. The van der Waals surface area contributed by atoms with Crippen molar-refractivity contribution in [1.82, 2.24) is 19.5 Å². The van der Waals surface area contributed by atoms with Crippen LogP contribution in [0, 0.1) is 0 Å². The van der Waals surface area contributed by atoms with Crippen molar-refractivity contribution in [3.05, 3.63) is 12.7 Å². The van der Waals surface area contributed by atoms with Crippen molar-refractivity contribution in [2.24, 2.45) is 0 Å². The second-order valence-electron chi connectivity index (χ2n) is 4.55. The molecule has 2 aromatic heterocycles. The lowest BCUT2D eigenvalue weighted by Crippen LogP contribution is -2.25. The number of hydrogen-bond donors (Lipinski definition) is 3. The number of aliphatic hydroxyl groups excluding tert-OH is 1. The fourth-order valence-electron chi connectivity index (χ4n) is 2.25. The largest absolute Gasteiger partial charge is 0.694 e. The first-order valence-corrected chi connectivity index (χ1v) is 7.25. The van der Waals surface area contributed by atoms with Crippen LogP contribution in [0.2, 0.25) is 0 Å². The lowest BCUT2D eigenvalue weighted by molar-refractivity contribution is -0.0384. The van der Waals surface area contributed by atoms with E-state index in [0.717, 1.165) is 0 Å². The zero-order chi connectivity index (χ0) is 15.0. The Bertz CT molecular complexity index is 679. The summed E-state index contributed by atoms with van der Waals surface area (Å²) < 4.78 is 22.4. The van der Waals surface area contributed by atoms with Gasteiger partial charge in [-0.3, -0.25) is 4.57 Å². The van der Waals surface area contributed by atoms with Crippen molar-refractivity contribution in [3.63, 3.8) is 0 Å². The summed E-state index contributed by atoms with van der Waals surface area (Å²) in [5, 5.41) is 9.93. The van der Waals surface area contributed by atoms with Crippen LogP contribution in [-0.2, 0) is 13.8 Å². The Kier molecular flexibility index (Phi) is 3.79. The maximum Gasteiger partial charge on any atom is 0.694 e. The second kappa shape index (κ2) is 5.58. The Labute approximate surface area is 119 Å². The minimum Gasteiger partial charge on any atom is -0.390 e. The van der Waals surface area contributed by atoms with Crippen LogP contribution in [0.25, 0.3) is 11.2 Å². The highest BCUT2D eigenvalue weighted by Crippen LogP contribution is 2.32. The van der Waals surface area contributed by atoms with Crippen molar-refractivity contribution < 1.29 is 23.8 Å². The number of aromatic nitrogens is 4. The van der Waals surface area contributed by atoms with E-state index in [4.69, 9.17) is 15.4 Å². The predicted octanol–water partition coefficient (Wildman–Crippen LogP) is -0.277. The van der Waals surface area contributed by atoms with Gasteiger partial charge in [-0.2, -0.15) is 0 Å². The van der Waals surface area contributed by atoms with Gasteiger partial charge in [0.05, 0.1) is 12.4 Å². The van der Waals surface area contributed by atoms with E-state index in [0.29, 0.717) is 11.2 Å². The molecule has 112 valence electrons. The molecule has 0 saturated carbocycles. The molecule has 1 saturated heterocycles. The highest BCUT2D eigenvalue weighted by atomic mass is 31.1. The van der Waals surface area contributed by atoms with Crippen molar-refractivity contribution >= 4 is 25.2 Å². The number of fused-ring (bicyclic) bond motifs is 1. The lowest BCUT2D eigenvalue weighted by Gasteiger charge is -2.13. The molecule has 1 fully saturated rings. The molecule has 1 unspecified atom stereocenters. The number of nitrogens with two attached hydrogens (primary N) is 1. The van der Waals surface area contributed by atoms with Gasteiger partial charge in [0.1, 0.15) is 30.8 Å². The molecule has 21 heavy (non-hydrogen) atoms. The van der Waals surface area contributed by atoms with Crippen molar-refractivity contribution in [1.29, 1.82) is 0 Å².